The molecule has 1 aliphatic heterocycles. The summed E-state index contributed by atoms with van der Waals surface area (Å²) >= 11 is 0. The Morgan fingerprint density at radius 3 is 2.55 bits per heavy atom. The van der Waals surface area contributed by atoms with Crippen molar-refractivity contribution in [3.63, 3.8) is 0 Å². The smallest absolute Gasteiger partial charge is 0.231 e. The topological polar surface area (TPSA) is 58.6 Å². The summed E-state index contributed by atoms with van der Waals surface area (Å²) in [6.07, 6.45) is 1.54. The zero-order valence-electron chi connectivity index (χ0n) is 13.8. The number of amides is 1. The van der Waals surface area contributed by atoms with Crippen LogP contribution in [0.4, 0.5) is 0 Å². The Morgan fingerprint density at radius 1 is 1.32 bits per heavy atom. The average molecular weight is 305 g/mol. The summed E-state index contributed by atoms with van der Waals surface area (Å²) in [5.41, 5.74) is 1.72. The van der Waals surface area contributed by atoms with E-state index in [4.69, 9.17) is 4.74 Å². The molecule has 22 heavy (non-hydrogen) atoms. The maximum absolute atomic E-state index is 13.0. The lowest BCUT2D eigenvalue weighted by molar-refractivity contribution is -0.131. The highest BCUT2D eigenvalue weighted by atomic mass is 16.5. The van der Waals surface area contributed by atoms with Crippen molar-refractivity contribution in [3.05, 3.63) is 35.4 Å². The molecule has 0 unspecified atom stereocenters. The number of hydrogen-bond acceptors (Lipinski definition) is 3. The predicted molar refractivity (Wildman–Crippen MR) is 86.8 cm³/mol. The molecule has 1 aliphatic rings. The molecule has 1 aromatic rings. The highest BCUT2D eigenvalue weighted by molar-refractivity contribution is 5.89. The number of hydrogen-bond donors (Lipinski definition) is 2. The molecule has 1 aromatic carbocycles. The van der Waals surface area contributed by atoms with Crippen LogP contribution in [0.1, 0.15) is 44.2 Å². The Labute approximate surface area is 132 Å². The highest BCUT2D eigenvalue weighted by Crippen LogP contribution is 2.37. The first kappa shape index (κ1) is 17.0. The lowest BCUT2D eigenvalue weighted by atomic mass is 9.71. The molecule has 0 aliphatic carbocycles. The van der Waals surface area contributed by atoms with Gasteiger partial charge in [-0.1, -0.05) is 24.3 Å². The summed E-state index contributed by atoms with van der Waals surface area (Å²) in [5.74, 6) is 0.0539. The number of ether oxygens (including phenoxy) is 1. The molecular weight excluding hydrogens is 278 g/mol. The van der Waals surface area contributed by atoms with Crippen LogP contribution in [0.15, 0.2) is 24.3 Å². The van der Waals surface area contributed by atoms with Crippen LogP contribution in [0, 0.1) is 6.92 Å². The fraction of sp³-hybridized carbons (Fsp3) is 0.611. The van der Waals surface area contributed by atoms with Gasteiger partial charge in [0, 0.05) is 19.3 Å². The largest absolute Gasteiger partial charge is 0.393 e. The van der Waals surface area contributed by atoms with Gasteiger partial charge in [0.15, 0.2) is 0 Å². The normalized spacial score (nSPS) is 20.2. The Bertz CT molecular complexity index is 507. The van der Waals surface area contributed by atoms with Crippen LogP contribution in [0.3, 0.4) is 0 Å². The Hall–Kier alpha value is -1.39. The van der Waals surface area contributed by atoms with Crippen molar-refractivity contribution >= 4 is 5.91 Å². The fourth-order valence-corrected chi connectivity index (χ4v) is 3.38. The molecule has 0 saturated carbocycles. The maximum Gasteiger partial charge on any atom is 0.231 e. The van der Waals surface area contributed by atoms with Gasteiger partial charge in [0.25, 0.3) is 0 Å². The maximum atomic E-state index is 13.0. The van der Waals surface area contributed by atoms with Crippen LogP contribution in [0.25, 0.3) is 0 Å². The molecule has 122 valence electrons. The number of nitrogens with one attached hydrogen (secondary N) is 1. The Morgan fingerprint density at radius 2 is 1.95 bits per heavy atom. The first-order valence-corrected chi connectivity index (χ1v) is 8.08. The van der Waals surface area contributed by atoms with E-state index in [0.29, 0.717) is 32.5 Å². The predicted octanol–water partition coefficient (Wildman–Crippen LogP) is 2.32. The van der Waals surface area contributed by atoms with Gasteiger partial charge >= 0.3 is 0 Å². The molecule has 4 heteroatoms. The number of carbonyl (C=O) groups excluding carboxylic acids is 1. The molecule has 0 aromatic heterocycles. The Balaban J connectivity index is 2.26. The van der Waals surface area contributed by atoms with Gasteiger partial charge in [-0.05, 0) is 51.2 Å². The second-order valence-electron chi connectivity index (χ2n) is 6.47. The minimum atomic E-state index is -0.517. The van der Waals surface area contributed by atoms with Gasteiger partial charge in [0.05, 0.1) is 11.5 Å². The molecule has 1 saturated heterocycles. The highest BCUT2D eigenvalue weighted by Gasteiger charge is 2.42. The third kappa shape index (κ3) is 3.68. The van der Waals surface area contributed by atoms with Crippen LogP contribution < -0.4 is 5.32 Å². The number of aliphatic hydroxyl groups excluding tert-OH is 1. The standard InChI is InChI=1S/C18H27NO3/c1-13-6-4-5-7-16(13)18(8-10-22-11-9-18)17(21)19-14(2)12-15(3)20/h4-7,14-15,20H,8-12H2,1-3H3,(H,19,21)/t14-,15-/m1/s1. The first-order chi connectivity index (χ1) is 10.5. The molecule has 1 amide bonds. The lowest BCUT2D eigenvalue weighted by Crippen LogP contribution is -2.51. The van der Waals surface area contributed by atoms with Crippen molar-refractivity contribution in [2.75, 3.05) is 13.2 Å². The number of aryl methyl sites for hydroxylation is 1. The van der Waals surface area contributed by atoms with Crippen LogP contribution in [-0.4, -0.2) is 36.4 Å². The first-order valence-electron chi connectivity index (χ1n) is 8.08. The number of carbonyl (C=O) groups is 1. The Kier molecular flexibility index (Phi) is 5.59. The van der Waals surface area contributed by atoms with Gasteiger partial charge in [-0.25, -0.2) is 0 Å². The van der Waals surface area contributed by atoms with E-state index in [-0.39, 0.29) is 11.9 Å². The summed E-state index contributed by atoms with van der Waals surface area (Å²) in [6, 6.07) is 8.06. The average Bonchev–Trinajstić information content (AvgIpc) is 2.47. The van der Waals surface area contributed by atoms with E-state index in [1.807, 2.05) is 19.1 Å². The van der Waals surface area contributed by atoms with E-state index in [9.17, 15) is 9.90 Å². The molecule has 0 spiro atoms. The summed E-state index contributed by atoms with van der Waals surface area (Å²) in [7, 11) is 0. The van der Waals surface area contributed by atoms with Crippen molar-refractivity contribution in [3.8, 4) is 0 Å². The second kappa shape index (κ2) is 7.25. The van der Waals surface area contributed by atoms with Crippen LogP contribution in [0.5, 0.6) is 0 Å². The summed E-state index contributed by atoms with van der Waals surface area (Å²) < 4.78 is 5.49. The molecule has 2 atom stereocenters. The summed E-state index contributed by atoms with van der Waals surface area (Å²) in [4.78, 5) is 13.0. The van der Waals surface area contributed by atoms with Crippen molar-refractivity contribution in [2.45, 2.75) is 57.6 Å². The van der Waals surface area contributed by atoms with E-state index < -0.39 is 11.5 Å². The van der Waals surface area contributed by atoms with Crippen LogP contribution >= 0.6 is 0 Å². The van der Waals surface area contributed by atoms with Crippen LogP contribution in [0.2, 0.25) is 0 Å². The number of rotatable bonds is 5. The molecule has 0 bridgehead atoms. The molecule has 2 rings (SSSR count). The second-order valence-corrected chi connectivity index (χ2v) is 6.47. The minimum Gasteiger partial charge on any atom is -0.393 e. The van der Waals surface area contributed by atoms with Crippen molar-refractivity contribution < 1.29 is 14.6 Å². The van der Waals surface area contributed by atoms with Crippen LogP contribution in [-0.2, 0) is 14.9 Å². The zero-order chi connectivity index (χ0) is 16.2. The third-order valence-corrected chi connectivity index (χ3v) is 4.51. The number of benzene rings is 1. The van der Waals surface area contributed by atoms with Gasteiger partial charge in [-0.3, -0.25) is 4.79 Å². The fourth-order valence-electron chi connectivity index (χ4n) is 3.38. The quantitative estimate of drug-likeness (QED) is 0.878. The lowest BCUT2D eigenvalue weighted by Gasteiger charge is -2.38. The number of aliphatic hydroxyl groups is 1. The van der Waals surface area contributed by atoms with Gasteiger partial charge in [-0.2, -0.15) is 0 Å². The molecule has 2 N–H and O–H groups in total. The molecule has 0 radical (unpaired) electrons. The molecule has 1 heterocycles. The van der Waals surface area contributed by atoms with Gasteiger partial charge < -0.3 is 15.2 Å². The van der Waals surface area contributed by atoms with Gasteiger partial charge in [0.2, 0.25) is 5.91 Å². The van der Waals surface area contributed by atoms with E-state index in [0.717, 1.165) is 11.1 Å². The monoisotopic (exact) mass is 305 g/mol. The SMILES string of the molecule is Cc1ccccc1C1(C(=O)N[C@H](C)C[C@@H](C)O)CCOCC1. The van der Waals surface area contributed by atoms with Gasteiger partial charge in [0.1, 0.15) is 0 Å². The summed E-state index contributed by atoms with van der Waals surface area (Å²) in [6.45, 7) is 6.95. The van der Waals surface area contributed by atoms with E-state index in [1.165, 1.54) is 0 Å². The van der Waals surface area contributed by atoms with Crippen molar-refractivity contribution in [1.29, 1.82) is 0 Å². The van der Waals surface area contributed by atoms with Gasteiger partial charge in [-0.15, -0.1) is 0 Å². The van der Waals surface area contributed by atoms with E-state index >= 15 is 0 Å². The molecule has 1 fully saturated rings. The molecule has 4 nitrogen and oxygen atoms in total. The summed E-state index contributed by atoms with van der Waals surface area (Å²) in [5, 5.41) is 12.6. The van der Waals surface area contributed by atoms with E-state index in [2.05, 4.69) is 24.4 Å². The van der Waals surface area contributed by atoms with Crippen molar-refractivity contribution in [2.24, 2.45) is 0 Å². The molecular formula is C18H27NO3. The van der Waals surface area contributed by atoms with Crippen molar-refractivity contribution in [1.82, 2.24) is 5.32 Å². The zero-order valence-corrected chi connectivity index (χ0v) is 13.8. The van der Waals surface area contributed by atoms with E-state index in [1.54, 1.807) is 6.92 Å². The third-order valence-electron chi connectivity index (χ3n) is 4.51. The minimum absolute atomic E-state index is 0.0451.